The second-order valence-electron chi connectivity index (χ2n) is 4.21. The number of aryl methyl sites for hydroxylation is 2. The summed E-state index contributed by atoms with van der Waals surface area (Å²) in [5, 5.41) is 1.02. The first-order valence-electron chi connectivity index (χ1n) is 5.63. The number of carbonyl (C=O) groups is 1. The molecule has 0 aromatic carbocycles. The number of Topliss-reactive ketones (excluding diaryl/α,β-unsaturated/α-hetero) is 1. The van der Waals surface area contributed by atoms with Crippen molar-refractivity contribution in [2.75, 3.05) is 6.61 Å². The van der Waals surface area contributed by atoms with Gasteiger partial charge in [0.1, 0.15) is 17.8 Å². The molecule has 4 nitrogen and oxygen atoms in total. The van der Waals surface area contributed by atoms with Gasteiger partial charge in [0, 0.05) is 4.88 Å². The van der Waals surface area contributed by atoms with Crippen LogP contribution in [-0.2, 0) is 17.6 Å². The Bertz CT molecular complexity index is 591. The number of hydrogen-bond donors (Lipinski definition) is 0. The Hall–Kier alpha value is -1.49. The number of carbonyl (C=O) groups excluding carboxylic acids is 1. The molecule has 0 spiro atoms. The Morgan fingerprint density at radius 3 is 3.18 bits per heavy atom. The molecule has 2 aromatic rings. The zero-order valence-corrected chi connectivity index (χ0v) is 10.3. The molecule has 0 atom stereocenters. The normalized spacial score (nSPS) is 13.9. The van der Waals surface area contributed by atoms with Crippen LogP contribution in [0.1, 0.15) is 23.8 Å². The SMILES string of the molecule is CC(=O)COc1ncnc2sc3c(c12)CCC3. The van der Waals surface area contributed by atoms with E-state index in [1.165, 1.54) is 30.1 Å². The van der Waals surface area contributed by atoms with Crippen LogP contribution >= 0.6 is 11.3 Å². The van der Waals surface area contributed by atoms with Crippen molar-refractivity contribution in [1.82, 2.24) is 9.97 Å². The molecule has 0 saturated heterocycles. The molecular weight excluding hydrogens is 236 g/mol. The summed E-state index contributed by atoms with van der Waals surface area (Å²) in [4.78, 5) is 21.8. The second kappa shape index (κ2) is 4.07. The Morgan fingerprint density at radius 1 is 1.47 bits per heavy atom. The largest absolute Gasteiger partial charge is 0.469 e. The molecule has 1 aliphatic rings. The number of fused-ring (bicyclic) bond motifs is 3. The van der Waals surface area contributed by atoms with Crippen LogP contribution in [0.25, 0.3) is 10.2 Å². The summed E-state index contributed by atoms with van der Waals surface area (Å²) in [7, 11) is 0. The van der Waals surface area contributed by atoms with Crippen LogP contribution in [0.5, 0.6) is 5.88 Å². The van der Waals surface area contributed by atoms with Gasteiger partial charge in [-0.25, -0.2) is 9.97 Å². The lowest BCUT2D eigenvalue weighted by atomic mass is 10.2. The summed E-state index contributed by atoms with van der Waals surface area (Å²) in [5.74, 6) is 0.563. The van der Waals surface area contributed by atoms with Gasteiger partial charge in [-0.15, -0.1) is 11.3 Å². The smallest absolute Gasteiger partial charge is 0.226 e. The molecule has 0 bridgehead atoms. The van der Waals surface area contributed by atoms with Gasteiger partial charge in [-0.05, 0) is 31.7 Å². The number of rotatable bonds is 3. The lowest BCUT2D eigenvalue weighted by molar-refractivity contribution is -0.118. The average Bonchev–Trinajstić information content (AvgIpc) is 2.85. The minimum atomic E-state index is 0.00337. The van der Waals surface area contributed by atoms with E-state index in [1.54, 1.807) is 11.3 Å². The van der Waals surface area contributed by atoms with Gasteiger partial charge in [0.2, 0.25) is 5.88 Å². The molecule has 5 heteroatoms. The zero-order chi connectivity index (χ0) is 11.8. The predicted octanol–water partition coefficient (Wildman–Crippen LogP) is 2.15. The molecule has 0 aliphatic heterocycles. The molecule has 3 rings (SSSR count). The third kappa shape index (κ3) is 1.80. The number of ketones is 1. The molecule has 0 saturated carbocycles. The van der Waals surface area contributed by atoms with Gasteiger partial charge in [0.15, 0.2) is 5.78 Å². The maximum absolute atomic E-state index is 11.0. The van der Waals surface area contributed by atoms with Crippen molar-refractivity contribution in [2.24, 2.45) is 0 Å². The summed E-state index contributed by atoms with van der Waals surface area (Å²) >= 11 is 1.72. The first kappa shape index (κ1) is 10.7. The standard InChI is InChI=1S/C12H12N2O2S/c1-7(15)5-16-11-10-8-3-2-4-9(8)17-12(10)14-6-13-11/h6H,2-5H2,1H3. The van der Waals surface area contributed by atoms with Crippen LogP contribution in [0.2, 0.25) is 0 Å². The first-order chi connectivity index (χ1) is 8.25. The number of ether oxygens (including phenoxy) is 1. The molecule has 0 radical (unpaired) electrons. The van der Waals surface area contributed by atoms with Gasteiger partial charge in [-0.1, -0.05) is 0 Å². The number of thiophene rings is 1. The summed E-state index contributed by atoms with van der Waals surface area (Å²) in [5.41, 5.74) is 1.32. The fourth-order valence-corrected chi connectivity index (χ4v) is 3.40. The fraction of sp³-hybridized carbons (Fsp3) is 0.417. The molecule has 0 amide bonds. The molecular formula is C12H12N2O2S. The van der Waals surface area contributed by atoms with Crippen molar-refractivity contribution in [2.45, 2.75) is 26.2 Å². The highest BCUT2D eigenvalue weighted by atomic mass is 32.1. The predicted molar refractivity (Wildman–Crippen MR) is 65.6 cm³/mol. The molecule has 0 unspecified atom stereocenters. The maximum atomic E-state index is 11.0. The lowest BCUT2D eigenvalue weighted by Gasteiger charge is -2.04. The monoisotopic (exact) mass is 248 g/mol. The van der Waals surface area contributed by atoms with E-state index in [0.29, 0.717) is 5.88 Å². The molecule has 1 aliphatic carbocycles. The Labute approximate surface area is 103 Å². The summed E-state index contributed by atoms with van der Waals surface area (Å²) in [6, 6.07) is 0. The van der Waals surface area contributed by atoms with Crippen molar-refractivity contribution >= 4 is 27.3 Å². The summed E-state index contributed by atoms with van der Waals surface area (Å²) in [6.45, 7) is 1.59. The van der Waals surface area contributed by atoms with Crippen molar-refractivity contribution in [3.05, 3.63) is 16.8 Å². The van der Waals surface area contributed by atoms with E-state index in [0.717, 1.165) is 23.1 Å². The van der Waals surface area contributed by atoms with E-state index in [-0.39, 0.29) is 12.4 Å². The van der Waals surface area contributed by atoms with Gasteiger partial charge >= 0.3 is 0 Å². The van der Waals surface area contributed by atoms with Gasteiger partial charge < -0.3 is 4.74 Å². The van der Waals surface area contributed by atoms with Crippen LogP contribution < -0.4 is 4.74 Å². The first-order valence-corrected chi connectivity index (χ1v) is 6.45. The lowest BCUT2D eigenvalue weighted by Crippen LogP contribution is -2.08. The third-order valence-corrected chi connectivity index (χ3v) is 4.08. The minimum absolute atomic E-state index is 0.00337. The number of hydrogen-bond acceptors (Lipinski definition) is 5. The van der Waals surface area contributed by atoms with Gasteiger partial charge in [-0.3, -0.25) is 4.79 Å². The molecule has 88 valence electrons. The Balaban J connectivity index is 2.08. The highest BCUT2D eigenvalue weighted by molar-refractivity contribution is 7.18. The van der Waals surface area contributed by atoms with Crippen molar-refractivity contribution in [3.8, 4) is 5.88 Å². The van der Waals surface area contributed by atoms with Crippen LogP contribution in [-0.4, -0.2) is 22.4 Å². The number of nitrogens with zero attached hydrogens (tertiary/aromatic N) is 2. The van der Waals surface area contributed by atoms with E-state index in [9.17, 15) is 4.79 Å². The maximum Gasteiger partial charge on any atom is 0.226 e. The molecule has 0 N–H and O–H groups in total. The summed E-state index contributed by atoms with van der Waals surface area (Å²) in [6.07, 6.45) is 4.89. The van der Waals surface area contributed by atoms with Crippen LogP contribution in [0.15, 0.2) is 6.33 Å². The van der Waals surface area contributed by atoms with Gasteiger partial charge in [-0.2, -0.15) is 0 Å². The van der Waals surface area contributed by atoms with Gasteiger partial charge in [0.05, 0.1) is 5.39 Å². The molecule has 17 heavy (non-hydrogen) atoms. The van der Waals surface area contributed by atoms with Crippen LogP contribution in [0, 0.1) is 0 Å². The van der Waals surface area contributed by atoms with Crippen molar-refractivity contribution < 1.29 is 9.53 Å². The van der Waals surface area contributed by atoms with Crippen LogP contribution in [0.3, 0.4) is 0 Å². The van der Waals surface area contributed by atoms with E-state index in [2.05, 4.69) is 9.97 Å². The highest BCUT2D eigenvalue weighted by Gasteiger charge is 2.21. The molecule has 0 fully saturated rings. The minimum Gasteiger partial charge on any atom is -0.469 e. The zero-order valence-electron chi connectivity index (χ0n) is 9.52. The third-order valence-electron chi connectivity index (χ3n) is 2.88. The summed E-state index contributed by atoms with van der Waals surface area (Å²) < 4.78 is 5.47. The number of aromatic nitrogens is 2. The molecule has 2 aromatic heterocycles. The van der Waals surface area contributed by atoms with E-state index in [4.69, 9.17) is 4.74 Å². The average molecular weight is 248 g/mol. The van der Waals surface area contributed by atoms with Gasteiger partial charge in [0.25, 0.3) is 0 Å². The van der Waals surface area contributed by atoms with Crippen LogP contribution in [0.4, 0.5) is 0 Å². The molecule has 2 heterocycles. The quantitative estimate of drug-likeness (QED) is 0.835. The van der Waals surface area contributed by atoms with E-state index < -0.39 is 0 Å². The van der Waals surface area contributed by atoms with E-state index in [1.807, 2.05) is 0 Å². The van der Waals surface area contributed by atoms with Crippen molar-refractivity contribution in [1.29, 1.82) is 0 Å². The van der Waals surface area contributed by atoms with Crippen molar-refractivity contribution in [3.63, 3.8) is 0 Å². The highest BCUT2D eigenvalue weighted by Crippen LogP contribution is 2.39. The second-order valence-corrected chi connectivity index (χ2v) is 5.29. The Kier molecular flexibility index (Phi) is 2.55. The van der Waals surface area contributed by atoms with E-state index >= 15 is 0 Å². The Morgan fingerprint density at radius 2 is 2.35 bits per heavy atom. The fourth-order valence-electron chi connectivity index (χ4n) is 2.18. The topological polar surface area (TPSA) is 52.1 Å².